The summed E-state index contributed by atoms with van der Waals surface area (Å²) in [6.07, 6.45) is 2.35. The van der Waals surface area contributed by atoms with Gasteiger partial charge in [-0.05, 0) is 80.2 Å². The van der Waals surface area contributed by atoms with Crippen molar-refractivity contribution in [1.82, 2.24) is 9.97 Å². The van der Waals surface area contributed by atoms with Gasteiger partial charge >= 0.3 is 0 Å². The maximum absolute atomic E-state index is 12.1. The highest BCUT2D eigenvalue weighted by atomic mass is 32.2. The molecule has 3 rings (SSSR count). The number of hydrogen-bond acceptors (Lipinski definition) is 5. The second-order valence-corrected chi connectivity index (χ2v) is 8.11. The minimum Gasteiger partial charge on any atom is -0.326 e. The second kappa shape index (κ2) is 8.96. The summed E-state index contributed by atoms with van der Waals surface area (Å²) in [4.78, 5) is 23.3. The number of amides is 1. The molecule has 3 aromatic rings. The van der Waals surface area contributed by atoms with Gasteiger partial charge in [-0.25, -0.2) is 9.97 Å². The van der Waals surface area contributed by atoms with Crippen molar-refractivity contribution in [2.75, 3.05) is 5.32 Å². The normalized spacial score (nSPS) is 10.7. The molecular formula is C20H21N3OS2. The summed E-state index contributed by atoms with van der Waals surface area (Å²) in [6.45, 7) is 3.94. The van der Waals surface area contributed by atoms with Gasteiger partial charge in [-0.15, -0.1) is 11.3 Å². The summed E-state index contributed by atoms with van der Waals surface area (Å²) < 4.78 is 0. The van der Waals surface area contributed by atoms with Crippen LogP contribution in [0.15, 0.2) is 57.9 Å². The van der Waals surface area contributed by atoms with E-state index in [2.05, 4.69) is 26.7 Å². The summed E-state index contributed by atoms with van der Waals surface area (Å²) in [5.41, 5.74) is 2.75. The fraction of sp³-hybridized carbons (Fsp3) is 0.250. The highest BCUT2D eigenvalue weighted by Gasteiger charge is 2.05. The van der Waals surface area contributed by atoms with E-state index in [1.54, 1.807) is 11.3 Å². The van der Waals surface area contributed by atoms with Gasteiger partial charge in [0.05, 0.1) is 0 Å². The number of thiophene rings is 1. The van der Waals surface area contributed by atoms with Gasteiger partial charge < -0.3 is 5.32 Å². The molecule has 0 aliphatic rings. The molecule has 1 N–H and O–H groups in total. The van der Waals surface area contributed by atoms with Crippen LogP contribution in [0.25, 0.3) is 0 Å². The molecule has 134 valence electrons. The van der Waals surface area contributed by atoms with Crippen LogP contribution in [0, 0.1) is 13.8 Å². The molecule has 2 aromatic heterocycles. The Kier molecular flexibility index (Phi) is 6.41. The average Bonchev–Trinajstić information content (AvgIpc) is 3.09. The number of hydrogen-bond donors (Lipinski definition) is 1. The van der Waals surface area contributed by atoms with E-state index in [9.17, 15) is 4.79 Å². The third-order valence-electron chi connectivity index (χ3n) is 3.72. The lowest BCUT2D eigenvalue weighted by Gasteiger charge is -2.07. The van der Waals surface area contributed by atoms with Gasteiger partial charge in [-0.1, -0.05) is 6.07 Å². The number of nitrogens with one attached hydrogen (secondary N) is 1. The van der Waals surface area contributed by atoms with Gasteiger partial charge in [-0.3, -0.25) is 4.79 Å². The Balaban J connectivity index is 1.49. The minimum absolute atomic E-state index is 0.0552. The predicted octanol–water partition coefficient (Wildman–Crippen LogP) is 5.27. The first kappa shape index (κ1) is 18.6. The number of carbonyl (C=O) groups excluding carboxylic acids is 1. The van der Waals surface area contributed by atoms with Crippen LogP contribution < -0.4 is 5.32 Å². The fourth-order valence-electron chi connectivity index (χ4n) is 2.55. The maximum atomic E-state index is 12.1. The molecule has 0 bridgehead atoms. The second-order valence-electron chi connectivity index (χ2n) is 6.04. The Labute approximate surface area is 162 Å². The molecule has 0 radical (unpaired) electrons. The molecule has 0 saturated heterocycles. The Morgan fingerprint density at radius 3 is 2.50 bits per heavy atom. The summed E-state index contributed by atoms with van der Waals surface area (Å²) >= 11 is 3.26. The van der Waals surface area contributed by atoms with E-state index in [1.807, 2.05) is 50.2 Å². The summed E-state index contributed by atoms with van der Waals surface area (Å²) in [5, 5.41) is 5.77. The first-order valence-electron chi connectivity index (χ1n) is 8.51. The lowest BCUT2D eigenvalue weighted by molar-refractivity contribution is -0.116. The quantitative estimate of drug-likeness (QED) is 0.565. The van der Waals surface area contributed by atoms with Crippen molar-refractivity contribution in [1.29, 1.82) is 0 Å². The van der Waals surface area contributed by atoms with Crippen LogP contribution in [0.3, 0.4) is 0 Å². The van der Waals surface area contributed by atoms with Crippen LogP contribution in [0.1, 0.15) is 29.1 Å². The molecule has 1 amide bonds. The number of aryl methyl sites for hydroxylation is 3. The zero-order valence-electron chi connectivity index (χ0n) is 14.9. The van der Waals surface area contributed by atoms with E-state index in [0.29, 0.717) is 6.42 Å². The molecule has 2 heterocycles. The van der Waals surface area contributed by atoms with Crippen molar-refractivity contribution >= 4 is 34.7 Å². The van der Waals surface area contributed by atoms with E-state index >= 15 is 0 Å². The summed E-state index contributed by atoms with van der Waals surface area (Å²) in [6, 6.07) is 13.9. The van der Waals surface area contributed by atoms with Crippen LogP contribution >= 0.6 is 23.1 Å². The highest BCUT2D eigenvalue weighted by molar-refractivity contribution is 7.99. The SMILES string of the molecule is Cc1cc(C)nc(Sc2ccc(NC(=O)CCCc3cccs3)cc2)n1. The van der Waals surface area contributed by atoms with Crippen LogP contribution in [0.2, 0.25) is 0 Å². The lowest BCUT2D eigenvalue weighted by Crippen LogP contribution is -2.11. The molecule has 0 aliphatic heterocycles. The number of nitrogens with zero attached hydrogens (tertiary/aromatic N) is 2. The van der Waals surface area contributed by atoms with Gasteiger partial charge in [0.2, 0.25) is 5.91 Å². The minimum atomic E-state index is 0.0552. The van der Waals surface area contributed by atoms with Crippen LogP contribution in [0.5, 0.6) is 0 Å². The molecule has 0 atom stereocenters. The van der Waals surface area contributed by atoms with Crippen molar-refractivity contribution in [3.8, 4) is 0 Å². The monoisotopic (exact) mass is 383 g/mol. The molecule has 0 aliphatic carbocycles. The Morgan fingerprint density at radius 1 is 1.12 bits per heavy atom. The molecular weight excluding hydrogens is 362 g/mol. The molecule has 0 unspecified atom stereocenters. The van der Waals surface area contributed by atoms with E-state index < -0.39 is 0 Å². The number of rotatable bonds is 7. The van der Waals surface area contributed by atoms with Crippen molar-refractivity contribution in [3.63, 3.8) is 0 Å². The smallest absolute Gasteiger partial charge is 0.224 e. The molecule has 0 spiro atoms. The number of aromatic nitrogens is 2. The molecule has 26 heavy (non-hydrogen) atoms. The van der Waals surface area contributed by atoms with E-state index in [-0.39, 0.29) is 5.91 Å². The van der Waals surface area contributed by atoms with Crippen molar-refractivity contribution < 1.29 is 4.79 Å². The van der Waals surface area contributed by atoms with Crippen molar-refractivity contribution in [2.24, 2.45) is 0 Å². The van der Waals surface area contributed by atoms with Gasteiger partial charge in [0, 0.05) is 33.3 Å². The van der Waals surface area contributed by atoms with Gasteiger partial charge in [0.15, 0.2) is 5.16 Å². The number of carbonyl (C=O) groups is 1. The molecule has 4 nitrogen and oxygen atoms in total. The van der Waals surface area contributed by atoms with E-state index in [4.69, 9.17) is 0 Å². The maximum Gasteiger partial charge on any atom is 0.224 e. The number of benzene rings is 1. The molecule has 0 fully saturated rings. The largest absolute Gasteiger partial charge is 0.326 e. The fourth-order valence-corrected chi connectivity index (χ4v) is 4.17. The summed E-state index contributed by atoms with van der Waals surface area (Å²) in [7, 11) is 0. The topological polar surface area (TPSA) is 54.9 Å². The first-order valence-corrected chi connectivity index (χ1v) is 10.2. The molecule has 6 heteroatoms. The van der Waals surface area contributed by atoms with Crippen LogP contribution in [0.4, 0.5) is 5.69 Å². The van der Waals surface area contributed by atoms with Crippen LogP contribution in [-0.4, -0.2) is 15.9 Å². The zero-order valence-corrected chi connectivity index (χ0v) is 16.5. The standard InChI is InChI=1S/C20H21N3OS2/c1-14-13-15(2)22-20(21-14)26-18-10-8-16(9-11-18)23-19(24)7-3-5-17-6-4-12-25-17/h4,6,8-13H,3,5,7H2,1-2H3,(H,23,24). The van der Waals surface area contributed by atoms with Gasteiger partial charge in [-0.2, -0.15) is 0 Å². The predicted molar refractivity (Wildman–Crippen MR) is 108 cm³/mol. The highest BCUT2D eigenvalue weighted by Crippen LogP contribution is 2.26. The number of anilines is 1. The van der Waals surface area contributed by atoms with E-state index in [1.165, 1.54) is 16.6 Å². The lowest BCUT2D eigenvalue weighted by atomic mass is 10.2. The summed E-state index contributed by atoms with van der Waals surface area (Å²) in [5.74, 6) is 0.0552. The Morgan fingerprint density at radius 2 is 1.85 bits per heavy atom. The van der Waals surface area contributed by atoms with Gasteiger partial charge in [0.1, 0.15) is 0 Å². The van der Waals surface area contributed by atoms with Gasteiger partial charge in [0.25, 0.3) is 0 Å². The van der Waals surface area contributed by atoms with E-state index in [0.717, 1.165) is 40.0 Å². The Hall–Kier alpha value is -2.18. The molecule has 0 saturated carbocycles. The Bertz CT molecular complexity index is 841. The first-order chi connectivity index (χ1) is 12.6. The third-order valence-corrected chi connectivity index (χ3v) is 5.53. The van der Waals surface area contributed by atoms with Crippen molar-refractivity contribution in [3.05, 3.63) is 64.1 Å². The third kappa shape index (κ3) is 5.68. The molecule has 1 aromatic carbocycles. The van der Waals surface area contributed by atoms with Crippen molar-refractivity contribution in [2.45, 2.75) is 43.2 Å². The van der Waals surface area contributed by atoms with Crippen LogP contribution in [-0.2, 0) is 11.2 Å². The zero-order chi connectivity index (χ0) is 18.4. The average molecular weight is 384 g/mol.